The Morgan fingerprint density at radius 1 is 1.07 bits per heavy atom. The number of rotatable bonds is 4. The third kappa shape index (κ3) is 3.54. The summed E-state index contributed by atoms with van der Waals surface area (Å²) < 4.78 is 46.8. The van der Waals surface area contributed by atoms with Crippen molar-refractivity contribution >= 4 is 0 Å². The fourth-order valence-electron chi connectivity index (χ4n) is 5.44. The fraction of sp³-hybridized carbons (Fsp3) is 0.636. The Balaban J connectivity index is 1.37. The number of nitrogens with zero attached hydrogens (tertiary/aromatic N) is 4. The van der Waals surface area contributed by atoms with Crippen LogP contribution in [-0.4, -0.2) is 52.0 Å². The molecule has 0 aromatic carbocycles. The van der Waals surface area contributed by atoms with E-state index in [4.69, 9.17) is 4.74 Å². The van der Waals surface area contributed by atoms with Gasteiger partial charge < -0.3 is 4.74 Å². The van der Waals surface area contributed by atoms with Crippen molar-refractivity contribution < 1.29 is 17.9 Å². The number of pyridine rings is 1. The van der Waals surface area contributed by atoms with Gasteiger partial charge in [-0.05, 0) is 50.7 Å². The summed E-state index contributed by atoms with van der Waals surface area (Å²) in [6.07, 6.45) is 0.307. The van der Waals surface area contributed by atoms with Gasteiger partial charge in [-0.15, -0.1) is 0 Å². The zero-order valence-electron chi connectivity index (χ0n) is 17.3. The molecule has 2 unspecified atom stereocenters. The number of morpholine rings is 1. The maximum absolute atomic E-state index is 13.1. The van der Waals surface area contributed by atoms with Crippen molar-refractivity contribution in [3.8, 4) is 11.3 Å². The van der Waals surface area contributed by atoms with Gasteiger partial charge in [0.25, 0.3) is 0 Å². The largest absolute Gasteiger partial charge is 0.417 e. The highest BCUT2D eigenvalue weighted by Crippen LogP contribution is 2.64. The lowest BCUT2D eigenvalue weighted by Gasteiger charge is -2.33. The van der Waals surface area contributed by atoms with Crippen molar-refractivity contribution in [2.45, 2.75) is 50.9 Å². The van der Waals surface area contributed by atoms with Crippen molar-refractivity contribution in [2.24, 2.45) is 11.8 Å². The van der Waals surface area contributed by atoms with Gasteiger partial charge in [0.2, 0.25) is 0 Å². The molecule has 5 nitrogen and oxygen atoms in total. The molecule has 0 spiro atoms. The molecule has 0 amide bonds. The quantitative estimate of drug-likeness (QED) is 0.737. The predicted molar refractivity (Wildman–Crippen MR) is 106 cm³/mol. The first kappa shape index (κ1) is 20.0. The molecule has 3 aliphatic rings. The van der Waals surface area contributed by atoms with Gasteiger partial charge in [0.05, 0.1) is 24.5 Å². The summed E-state index contributed by atoms with van der Waals surface area (Å²) in [5.41, 5.74) is 1.42. The molecular formula is C22H27F3N4O. The van der Waals surface area contributed by atoms with Crippen LogP contribution in [0.3, 0.4) is 0 Å². The highest BCUT2D eigenvalue weighted by atomic mass is 19.4. The van der Waals surface area contributed by atoms with Gasteiger partial charge in [-0.1, -0.05) is 0 Å². The second-order valence-corrected chi connectivity index (χ2v) is 9.08. The molecule has 0 bridgehead atoms. The number of aromatic nitrogens is 3. The molecule has 2 aromatic rings. The van der Waals surface area contributed by atoms with Crippen molar-refractivity contribution in [3.63, 3.8) is 0 Å². The number of fused-ring (bicyclic) bond motifs is 1. The molecule has 1 saturated heterocycles. The minimum atomic E-state index is -4.41. The van der Waals surface area contributed by atoms with Gasteiger partial charge in [0.15, 0.2) is 0 Å². The van der Waals surface area contributed by atoms with Gasteiger partial charge in [-0.25, -0.2) is 0 Å². The Morgan fingerprint density at radius 3 is 2.40 bits per heavy atom. The molecule has 2 aliphatic carbocycles. The molecule has 2 saturated carbocycles. The normalized spacial score (nSPS) is 29.4. The van der Waals surface area contributed by atoms with E-state index in [2.05, 4.69) is 28.8 Å². The molecule has 162 valence electrons. The van der Waals surface area contributed by atoms with Gasteiger partial charge in [0, 0.05) is 54.7 Å². The van der Waals surface area contributed by atoms with E-state index < -0.39 is 11.7 Å². The lowest BCUT2D eigenvalue weighted by molar-refractivity contribution is -0.137. The lowest BCUT2D eigenvalue weighted by Crippen LogP contribution is -2.43. The Labute approximate surface area is 174 Å². The van der Waals surface area contributed by atoms with Crippen LogP contribution in [0.2, 0.25) is 0 Å². The van der Waals surface area contributed by atoms with Crippen LogP contribution in [0.15, 0.2) is 24.5 Å². The van der Waals surface area contributed by atoms with Crippen LogP contribution < -0.4 is 0 Å². The summed E-state index contributed by atoms with van der Waals surface area (Å²) in [4.78, 5) is 6.37. The molecule has 3 heterocycles. The number of hydrogen-bond donors (Lipinski definition) is 0. The molecule has 0 radical (unpaired) electrons. The molecular weight excluding hydrogens is 393 g/mol. The summed E-state index contributed by atoms with van der Waals surface area (Å²) in [6, 6.07) is 3.93. The van der Waals surface area contributed by atoms with E-state index in [-0.39, 0.29) is 6.04 Å². The molecule has 3 fully saturated rings. The lowest BCUT2D eigenvalue weighted by atomic mass is 10.0. The van der Waals surface area contributed by atoms with Crippen molar-refractivity contribution in [1.82, 2.24) is 19.7 Å². The van der Waals surface area contributed by atoms with Gasteiger partial charge >= 0.3 is 6.18 Å². The Morgan fingerprint density at radius 2 is 1.77 bits per heavy atom. The van der Waals surface area contributed by atoms with Crippen LogP contribution in [-0.2, 0) is 10.9 Å². The molecule has 0 N–H and O–H groups in total. The first-order chi connectivity index (χ1) is 14.3. The van der Waals surface area contributed by atoms with Gasteiger partial charge in [-0.2, -0.15) is 18.3 Å². The number of hydrogen-bond acceptors (Lipinski definition) is 4. The molecule has 2 aromatic heterocycles. The van der Waals surface area contributed by atoms with Crippen LogP contribution in [0.5, 0.6) is 0 Å². The number of alkyl halides is 3. The maximum Gasteiger partial charge on any atom is 0.417 e. The van der Waals surface area contributed by atoms with Crippen LogP contribution in [0.25, 0.3) is 11.3 Å². The topological polar surface area (TPSA) is 43.2 Å². The summed E-state index contributed by atoms with van der Waals surface area (Å²) >= 11 is 0. The van der Waals surface area contributed by atoms with Crippen molar-refractivity contribution in [3.05, 3.63) is 35.8 Å². The second-order valence-electron chi connectivity index (χ2n) is 9.08. The van der Waals surface area contributed by atoms with Crippen LogP contribution >= 0.6 is 0 Å². The molecule has 8 heteroatoms. The maximum atomic E-state index is 13.1. The summed E-state index contributed by atoms with van der Waals surface area (Å²) in [5, 5.41) is 4.68. The van der Waals surface area contributed by atoms with E-state index in [1.165, 1.54) is 19.0 Å². The van der Waals surface area contributed by atoms with E-state index in [0.717, 1.165) is 44.3 Å². The first-order valence-corrected chi connectivity index (χ1v) is 10.8. The highest BCUT2D eigenvalue weighted by molar-refractivity contribution is 5.60. The van der Waals surface area contributed by atoms with Crippen molar-refractivity contribution in [2.75, 3.05) is 26.3 Å². The average Bonchev–Trinajstić information content (AvgIpc) is 3.10. The zero-order chi connectivity index (χ0) is 21.0. The Kier molecular flexibility index (Phi) is 4.89. The second kappa shape index (κ2) is 7.34. The summed E-state index contributed by atoms with van der Waals surface area (Å²) in [6.45, 7) is 7.82. The van der Waals surface area contributed by atoms with Crippen molar-refractivity contribution in [1.29, 1.82) is 0 Å². The van der Waals surface area contributed by atoms with E-state index in [9.17, 15) is 13.2 Å². The van der Waals surface area contributed by atoms with E-state index in [1.807, 2.05) is 10.7 Å². The van der Waals surface area contributed by atoms with Crippen LogP contribution in [0.1, 0.15) is 49.9 Å². The third-order valence-corrected chi connectivity index (χ3v) is 6.94. The molecule has 30 heavy (non-hydrogen) atoms. The monoisotopic (exact) mass is 420 g/mol. The number of ether oxygens (including phenoxy) is 1. The molecule has 1 aliphatic heterocycles. The van der Waals surface area contributed by atoms with E-state index in [0.29, 0.717) is 35.1 Å². The smallest absolute Gasteiger partial charge is 0.379 e. The minimum Gasteiger partial charge on any atom is -0.379 e. The van der Waals surface area contributed by atoms with Gasteiger partial charge in [-0.3, -0.25) is 14.6 Å². The highest BCUT2D eigenvalue weighted by Gasteiger charge is 2.58. The summed E-state index contributed by atoms with van der Waals surface area (Å²) in [7, 11) is 0. The third-order valence-electron chi connectivity index (χ3n) is 6.94. The Hall–Kier alpha value is -1.93. The predicted octanol–water partition coefficient (Wildman–Crippen LogP) is 4.37. The standard InChI is InChI=1S/C22H27F3N4O/c1-13(2)29-20(10-19(27-29)14-7-15(12-26-11-14)22(23,24)25)21-17-8-16(9-18(17)21)28-3-5-30-6-4-28/h7,10-13,16-18,21H,3-6,8-9H2,1-2H3/t16?,17-,18+,21?. The molecule has 4 atom stereocenters. The Bertz CT molecular complexity index is 907. The van der Waals surface area contributed by atoms with Crippen LogP contribution in [0, 0.1) is 11.8 Å². The van der Waals surface area contributed by atoms with Crippen LogP contribution in [0.4, 0.5) is 13.2 Å². The number of halogens is 3. The average molecular weight is 420 g/mol. The van der Waals surface area contributed by atoms with E-state index >= 15 is 0 Å². The SMILES string of the molecule is CC(C)n1nc(-c2cncc(C(F)(F)F)c2)cc1C1[C@H]2CC(N3CCOCC3)C[C@@H]12. The molecule has 5 rings (SSSR count). The first-order valence-electron chi connectivity index (χ1n) is 10.8. The summed E-state index contributed by atoms with van der Waals surface area (Å²) in [5.74, 6) is 1.77. The zero-order valence-corrected chi connectivity index (χ0v) is 17.3. The minimum absolute atomic E-state index is 0.156. The van der Waals surface area contributed by atoms with Gasteiger partial charge in [0.1, 0.15) is 0 Å². The fourth-order valence-corrected chi connectivity index (χ4v) is 5.44. The van der Waals surface area contributed by atoms with E-state index in [1.54, 1.807) is 0 Å².